The number of benzene rings is 2. The van der Waals surface area contributed by atoms with E-state index in [0.29, 0.717) is 12.1 Å². The van der Waals surface area contributed by atoms with Crippen molar-refractivity contribution in [2.75, 3.05) is 0 Å². The molecule has 0 fully saturated rings. The highest BCUT2D eigenvalue weighted by molar-refractivity contribution is 5.94. The van der Waals surface area contributed by atoms with Crippen molar-refractivity contribution in [1.29, 1.82) is 0 Å². The van der Waals surface area contributed by atoms with E-state index < -0.39 is 0 Å². The van der Waals surface area contributed by atoms with Gasteiger partial charge in [0.2, 0.25) is 0 Å². The van der Waals surface area contributed by atoms with Gasteiger partial charge in [-0.3, -0.25) is 9.78 Å². The number of carbonyl (C=O) groups is 1. The number of nitrogens with zero attached hydrogens (tertiary/aromatic N) is 3. The Morgan fingerprint density at radius 3 is 2.63 bits per heavy atom. The Hall–Kier alpha value is -3.54. The van der Waals surface area contributed by atoms with Crippen molar-refractivity contribution in [2.45, 2.75) is 6.54 Å². The number of fused-ring (bicyclic) bond motifs is 1. The smallest absolute Gasteiger partial charge is 0.251 e. The van der Waals surface area contributed by atoms with Crippen molar-refractivity contribution in [3.05, 3.63) is 84.3 Å². The van der Waals surface area contributed by atoms with Crippen LogP contribution in [-0.4, -0.2) is 20.4 Å². The van der Waals surface area contributed by atoms with Crippen molar-refractivity contribution >= 4 is 16.7 Å². The summed E-state index contributed by atoms with van der Waals surface area (Å²) >= 11 is 0. The highest BCUT2D eigenvalue weighted by Gasteiger charge is 2.08. The van der Waals surface area contributed by atoms with E-state index in [1.807, 2.05) is 36.0 Å². The molecule has 0 radical (unpaired) electrons. The van der Waals surface area contributed by atoms with Gasteiger partial charge in [-0.25, -0.2) is 9.37 Å². The van der Waals surface area contributed by atoms with Gasteiger partial charge in [-0.2, -0.15) is 0 Å². The van der Waals surface area contributed by atoms with E-state index in [2.05, 4.69) is 21.4 Å². The quantitative estimate of drug-likeness (QED) is 0.604. The van der Waals surface area contributed by atoms with Crippen molar-refractivity contribution in [2.24, 2.45) is 7.05 Å². The second-order valence-electron chi connectivity index (χ2n) is 6.32. The predicted octanol–water partition coefficient (Wildman–Crippen LogP) is 3.70. The van der Waals surface area contributed by atoms with Crippen LogP contribution in [-0.2, 0) is 13.6 Å². The summed E-state index contributed by atoms with van der Waals surface area (Å²) in [5.74, 6) is -0.632. The second kappa shape index (κ2) is 6.99. The van der Waals surface area contributed by atoms with Crippen molar-refractivity contribution < 1.29 is 9.18 Å². The highest BCUT2D eigenvalue weighted by Crippen LogP contribution is 2.24. The third kappa shape index (κ3) is 3.55. The van der Waals surface area contributed by atoms with Gasteiger partial charge in [0.1, 0.15) is 5.82 Å². The standard InChI is InChI=1S/C21H17FN4O/c1-26-13-23-12-20(26)15-2-3-16-10-24-19(9-17(16)8-15)11-25-21(27)14-4-6-18(22)7-5-14/h2-10,12-13H,11H2,1H3,(H,25,27). The number of pyridine rings is 1. The van der Waals surface area contributed by atoms with E-state index in [9.17, 15) is 9.18 Å². The van der Waals surface area contributed by atoms with Crippen LogP contribution >= 0.6 is 0 Å². The van der Waals surface area contributed by atoms with E-state index in [4.69, 9.17) is 0 Å². The fourth-order valence-electron chi connectivity index (χ4n) is 2.95. The Balaban J connectivity index is 1.54. The molecule has 5 nitrogen and oxygen atoms in total. The molecule has 0 aliphatic heterocycles. The van der Waals surface area contributed by atoms with Gasteiger partial charge in [0, 0.05) is 29.8 Å². The van der Waals surface area contributed by atoms with Crippen LogP contribution in [0.3, 0.4) is 0 Å². The summed E-state index contributed by atoms with van der Waals surface area (Å²) in [6.07, 6.45) is 5.39. The molecule has 2 aromatic heterocycles. The topological polar surface area (TPSA) is 59.8 Å². The van der Waals surface area contributed by atoms with Gasteiger partial charge in [-0.15, -0.1) is 0 Å². The van der Waals surface area contributed by atoms with E-state index >= 15 is 0 Å². The SMILES string of the molecule is Cn1cncc1-c1ccc2cnc(CNC(=O)c3ccc(F)cc3)cc2c1. The first kappa shape index (κ1) is 16.9. The first-order chi connectivity index (χ1) is 13.1. The molecule has 0 unspecified atom stereocenters. The third-order valence-electron chi connectivity index (χ3n) is 4.43. The van der Waals surface area contributed by atoms with Crippen molar-refractivity contribution in [3.8, 4) is 11.3 Å². The zero-order valence-corrected chi connectivity index (χ0v) is 14.7. The largest absolute Gasteiger partial charge is 0.346 e. The van der Waals surface area contributed by atoms with Crippen molar-refractivity contribution in [3.63, 3.8) is 0 Å². The van der Waals surface area contributed by atoms with Gasteiger partial charge in [0.05, 0.1) is 30.5 Å². The Morgan fingerprint density at radius 1 is 1.07 bits per heavy atom. The zero-order chi connectivity index (χ0) is 18.8. The molecule has 0 saturated heterocycles. The van der Waals surface area contributed by atoms with Crippen LogP contribution in [0.15, 0.2) is 67.3 Å². The number of nitrogens with one attached hydrogen (secondary N) is 1. The molecular weight excluding hydrogens is 343 g/mol. The molecule has 0 aliphatic rings. The van der Waals surface area contributed by atoms with Crippen molar-refractivity contribution in [1.82, 2.24) is 19.9 Å². The summed E-state index contributed by atoms with van der Waals surface area (Å²) < 4.78 is 14.9. The van der Waals surface area contributed by atoms with Gasteiger partial charge >= 0.3 is 0 Å². The molecule has 0 bridgehead atoms. The number of aryl methyl sites for hydroxylation is 1. The number of aromatic nitrogens is 3. The van der Waals surface area contributed by atoms with E-state index in [0.717, 1.165) is 27.7 Å². The fourth-order valence-corrected chi connectivity index (χ4v) is 2.95. The Kier molecular flexibility index (Phi) is 4.38. The number of hydrogen-bond donors (Lipinski definition) is 1. The average Bonchev–Trinajstić information content (AvgIpc) is 3.12. The normalized spacial score (nSPS) is 10.9. The first-order valence-electron chi connectivity index (χ1n) is 8.49. The lowest BCUT2D eigenvalue weighted by molar-refractivity contribution is 0.0950. The molecule has 4 rings (SSSR count). The lowest BCUT2D eigenvalue weighted by Crippen LogP contribution is -2.23. The van der Waals surface area contributed by atoms with E-state index in [1.165, 1.54) is 24.3 Å². The fraction of sp³-hybridized carbons (Fsp3) is 0.0952. The van der Waals surface area contributed by atoms with E-state index in [-0.39, 0.29) is 11.7 Å². The Labute approximate surface area is 155 Å². The maximum Gasteiger partial charge on any atom is 0.251 e. The van der Waals surface area contributed by atoms with Gasteiger partial charge in [-0.05, 0) is 41.8 Å². The molecular formula is C21H17FN4O. The molecule has 134 valence electrons. The number of carbonyl (C=O) groups excluding carboxylic acids is 1. The van der Waals surface area contributed by atoms with Crippen LogP contribution < -0.4 is 5.32 Å². The first-order valence-corrected chi connectivity index (χ1v) is 8.49. The summed E-state index contributed by atoms with van der Waals surface area (Å²) in [6.45, 7) is 0.294. The molecule has 0 atom stereocenters. The minimum Gasteiger partial charge on any atom is -0.346 e. The van der Waals surface area contributed by atoms with Crippen LogP contribution in [0.25, 0.3) is 22.0 Å². The number of rotatable bonds is 4. The lowest BCUT2D eigenvalue weighted by Gasteiger charge is -2.08. The Morgan fingerprint density at radius 2 is 1.89 bits per heavy atom. The number of amides is 1. The summed E-state index contributed by atoms with van der Waals surface area (Å²) in [4.78, 5) is 20.7. The summed E-state index contributed by atoms with van der Waals surface area (Å²) in [7, 11) is 1.95. The molecule has 27 heavy (non-hydrogen) atoms. The summed E-state index contributed by atoms with van der Waals surface area (Å²) in [6, 6.07) is 13.5. The van der Waals surface area contributed by atoms with Gasteiger partial charge in [0.25, 0.3) is 5.91 Å². The monoisotopic (exact) mass is 360 g/mol. The molecule has 0 aliphatic carbocycles. The Bertz CT molecular complexity index is 1120. The maximum absolute atomic E-state index is 13.0. The molecule has 4 aromatic rings. The third-order valence-corrected chi connectivity index (χ3v) is 4.43. The molecule has 2 aromatic carbocycles. The zero-order valence-electron chi connectivity index (χ0n) is 14.7. The van der Waals surface area contributed by atoms with E-state index in [1.54, 1.807) is 12.5 Å². The van der Waals surface area contributed by atoms with Crippen LogP contribution in [0.5, 0.6) is 0 Å². The van der Waals surface area contributed by atoms with Crippen LogP contribution in [0.4, 0.5) is 4.39 Å². The average molecular weight is 360 g/mol. The molecule has 2 heterocycles. The molecule has 1 amide bonds. The number of hydrogen-bond acceptors (Lipinski definition) is 3. The minimum absolute atomic E-state index is 0.263. The molecule has 0 saturated carbocycles. The summed E-state index contributed by atoms with van der Waals surface area (Å²) in [5.41, 5.74) is 3.26. The molecule has 6 heteroatoms. The molecule has 0 spiro atoms. The predicted molar refractivity (Wildman–Crippen MR) is 102 cm³/mol. The van der Waals surface area contributed by atoms with Crippen LogP contribution in [0, 0.1) is 5.82 Å². The second-order valence-corrected chi connectivity index (χ2v) is 6.32. The number of halogens is 1. The van der Waals surface area contributed by atoms with Crippen LogP contribution in [0.1, 0.15) is 16.1 Å². The van der Waals surface area contributed by atoms with Gasteiger partial charge in [-0.1, -0.05) is 12.1 Å². The highest BCUT2D eigenvalue weighted by atomic mass is 19.1. The van der Waals surface area contributed by atoms with Gasteiger partial charge < -0.3 is 9.88 Å². The van der Waals surface area contributed by atoms with Gasteiger partial charge in [0.15, 0.2) is 0 Å². The molecule has 1 N–H and O–H groups in total. The summed E-state index contributed by atoms with van der Waals surface area (Å²) in [5, 5.41) is 4.87. The minimum atomic E-state index is -0.369. The number of imidazole rings is 1. The lowest BCUT2D eigenvalue weighted by atomic mass is 10.1. The van der Waals surface area contributed by atoms with Crippen LogP contribution in [0.2, 0.25) is 0 Å². The maximum atomic E-state index is 13.0.